The van der Waals surface area contributed by atoms with Crippen molar-refractivity contribution in [3.63, 3.8) is 0 Å². The lowest BCUT2D eigenvalue weighted by atomic mass is 10.0. The van der Waals surface area contributed by atoms with Crippen molar-refractivity contribution in [3.05, 3.63) is 22.2 Å². The SMILES string of the molecule is CC1Nc2cc(Cl)c(Cl)cc2NC(=O)C1C. The lowest BCUT2D eigenvalue weighted by molar-refractivity contribution is -0.119. The van der Waals surface area contributed by atoms with E-state index in [4.69, 9.17) is 23.2 Å². The van der Waals surface area contributed by atoms with Gasteiger partial charge >= 0.3 is 0 Å². The van der Waals surface area contributed by atoms with Gasteiger partial charge in [-0.3, -0.25) is 4.79 Å². The van der Waals surface area contributed by atoms with E-state index in [9.17, 15) is 4.79 Å². The van der Waals surface area contributed by atoms with E-state index in [1.165, 1.54) is 0 Å². The lowest BCUT2D eigenvalue weighted by Crippen LogP contribution is -2.30. The zero-order valence-corrected chi connectivity index (χ0v) is 10.5. The molecule has 2 N–H and O–H groups in total. The normalized spacial score (nSPS) is 24.1. The van der Waals surface area contributed by atoms with E-state index in [1.807, 2.05) is 13.8 Å². The smallest absolute Gasteiger partial charge is 0.229 e. The summed E-state index contributed by atoms with van der Waals surface area (Å²) in [5.74, 6) is -0.123. The summed E-state index contributed by atoms with van der Waals surface area (Å²) in [4.78, 5) is 11.8. The van der Waals surface area contributed by atoms with Gasteiger partial charge in [-0.1, -0.05) is 30.1 Å². The fraction of sp³-hybridized carbons (Fsp3) is 0.364. The highest BCUT2D eigenvalue weighted by Gasteiger charge is 2.25. The molecule has 0 bridgehead atoms. The van der Waals surface area contributed by atoms with Crippen molar-refractivity contribution in [2.24, 2.45) is 5.92 Å². The minimum absolute atomic E-state index is 0.0165. The van der Waals surface area contributed by atoms with Gasteiger partial charge < -0.3 is 10.6 Å². The number of benzene rings is 1. The number of hydrogen-bond acceptors (Lipinski definition) is 2. The molecule has 1 aliphatic heterocycles. The Hall–Kier alpha value is -0.930. The molecule has 0 aromatic heterocycles. The van der Waals surface area contributed by atoms with Gasteiger partial charge in [0.15, 0.2) is 0 Å². The third kappa shape index (κ3) is 1.97. The topological polar surface area (TPSA) is 41.1 Å². The Kier molecular flexibility index (Phi) is 3.00. The summed E-state index contributed by atoms with van der Waals surface area (Å²) in [5, 5.41) is 6.98. The van der Waals surface area contributed by atoms with Crippen LogP contribution in [0.25, 0.3) is 0 Å². The summed E-state index contributed by atoms with van der Waals surface area (Å²) in [6.07, 6.45) is 0. The molecule has 2 rings (SSSR count). The minimum atomic E-state index is -0.107. The largest absolute Gasteiger partial charge is 0.380 e. The predicted octanol–water partition coefficient (Wildman–Crippen LogP) is 3.38. The second kappa shape index (κ2) is 4.15. The third-order valence-electron chi connectivity index (χ3n) is 2.87. The van der Waals surface area contributed by atoms with Crippen molar-refractivity contribution >= 4 is 40.5 Å². The summed E-state index contributed by atoms with van der Waals surface area (Å²) >= 11 is 11.8. The van der Waals surface area contributed by atoms with Gasteiger partial charge in [0, 0.05) is 6.04 Å². The van der Waals surface area contributed by atoms with E-state index in [1.54, 1.807) is 12.1 Å². The average Bonchev–Trinajstić information content (AvgIpc) is 2.31. The Labute approximate surface area is 104 Å². The van der Waals surface area contributed by atoms with Crippen molar-refractivity contribution in [3.8, 4) is 0 Å². The number of anilines is 2. The first-order valence-corrected chi connectivity index (χ1v) is 5.81. The van der Waals surface area contributed by atoms with E-state index < -0.39 is 0 Å². The van der Waals surface area contributed by atoms with Gasteiger partial charge in [-0.25, -0.2) is 0 Å². The first kappa shape index (κ1) is 11.6. The highest BCUT2D eigenvalue weighted by Crippen LogP contribution is 2.35. The Morgan fingerprint density at radius 1 is 1.12 bits per heavy atom. The van der Waals surface area contributed by atoms with Crippen LogP contribution in [0.4, 0.5) is 11.4 Å². The monoisotopic (exact) mass is 258 g/mol. The number of hydrogen-bond donors (Lipinski definition) is 2. The molecule has 2 atom stereocenters. The molecule has 0 saturated carbocycles. The van der Waals surface area contributed by atoms with Crippen LogP contribution >= 0.6 is 23.2 Å². The predicted molar refractivity (Wildman–Crippen MR) is 67.3 cm³/mol. The van der Waals surface area contributed by atoms with Crippen molar-refractivity contribution in [1.29, 1.82) is 0 Å². The zero-order valence-electron chi connectivity index (χ0n) is 8.97. The van der Waals surface area contributed by atoms with Gasteiger partial charge in [-0.05, 0) is 19.1 Å². The molecule has 3 nitrogen and oxygen atoms in total. The number of nitrogens with one attached hydrogen (secondary N) is 2. The molecule has 0 aliphatic carbocycles. The highest BCUT2D eigenvalue weighted by atomic mass is 35.5. The number of carbonyl (C=O) groups excluding carboxylic acids is 1. The van der Waals surface area contributed by atoms with Crippen LogP contribution < -0.4 is 10.6 Å². The van der Waals surface area contributed by atoms with E-state index in [0.717, 1.165) is 5.69 Å². The van der Waals surface area contributed by atoms with E-state index >= 15 is 0 Å². The van der Waals surface area contributed by atoms with Crippen LogP contribution in [0.15, 0.2) is 12.1 Å². The maximum absolute atomic E-state index is 11.8. The molecule has 1 amide bonds. The number of rotatable bonds is 0. The van der Waals surface area contributed by atoms with Crippen molar-refractivity contribution in [1.82, 2.24) is 0 Å². The summed E-state index contributed by atoms with van der Waals surface area (Å²) < 4.78 is 0. The minimum Gasteiger partial charge on any atom is -0.380 e. The number of amides is 1. The van der Waals surface area contributed by atoms with Gasteiger partial charge in [0.05, 0.1) is 27.3 Å². The maximum Gasteiger partial charge on any atom is 0.229 e. The third-order valence-corrected chi connectivity index (χ3v) is 3.59. The van der Waals surface area contributed by atoms with Gasteiger partial charge in [-0.2, -0.15) is 0 Å². The van der Waals surface area contributed by atoms with Crippen molar-refractivity contribution in [2.45, 2.75) is 19.9 Å². The van der Waals surface area contributed by atoms with Gasteiger partial charge in [0.25, 0.3) is 0 Å². The van der Waals surface area contributed by atoms with Gasteiger partial charge in [-0.15, -0.1) is 0 Å². The lowest BCUT2D eigenvalue weighted by Gasteiger charge is -2.16. The van der Waals surface area contributed by atoms with Gasteiger partial charge in [0.1, 0.15) is 0 Å². The van der Waals surface area contributed by atoms with Crippen LogP contribution in [-0.2, 0) is 4.79 Å². The number of carbonyl (C=O) groups is 1. The molecule has 2 unspecified atom stereocenters. The van der Waals surface area contributed by atoms with E-state index in [0.29, 0.717) is 15.7 Å². The number of fused-ring (bicyclic) bond motifs is 1. The van der Waals surface area contributed by atoms with Crippen LogP contribution in [0.3, 0.4) is 0 Å². The second-order valence-electron chi connectivity index (χ2n) is 4.02. The first-order valence-electron chi connectivity index (χ1n) is 5.05. The molecule has 0 spiro atoms. The first-order chi connectivity index (χ1) is 7.49. The summed E-state index contributed by atoms with van der Waals surface area (Å²) in [5.41, 5.74) is 1.48. The molecular weight excluding hydrogens is 247 g/mol. The second-order valence-corrected chi connectivity index (χ2v) is 4.84. The van der Waals surface area contributed by atoms with Crippen LogP contribution in [0, 0.1) is 5.92 Å². The Morgan fingerprint density at radius 3 is 2.31 bits per heavy atom. The molecule has 0 fully saturated rings. The van der Waals surface area contributed by atoms with Crippen molar-refractivity contribution in [2.75, 3.05) is 10.6 Å². The quantitative estimate of drug-likeness (QED) is 0.749. The van der Waals surface area contributed by atoms with E-state index in [2.05, 4.69) is 10.6 Å². The standard InChI is InChI=1S/C11H12Cl2N2O/c1-5-6(2)14-9-3-7(12)8(13)4-10(9)15-11(5)16/h3-6,14H,1-2H3,(H,15,16). The van der Waals surface area contributed by atoms with Crippen LogP contribution in [0.5, 0.6) is 0 Å². The van der Waals surface area contributed by atoms with Crippen LogP contribution in [-0.4, -0.2) is 11.9 Å². The summed E-state index contributed by atoms with van der Waals surface area (Å²) in [6.45, 7) is 3.84. The highest BCUT2D eigenvalue weighted by molar-refractivity contribution is 6.42. The number of halogens is 2. The maximum atomic E-state index is 11.8. The Bertz CT molecular complexity index is 448. The molecule has 0 radical (unpaired) electrons. The summed E-state index contributed by atoms with van der Waals surface area (Å²) in [6, 6.07) is 3.45. The van der Waals surface area contributed by atoms with Crippen LogP contribution in [0.1, 0.15) is 13.8 Å². The van der Waals surface area contributed by atoms with Crippen molar-refractivity contribution < 1.29 is 4.79 Å². The van der Waals surface area contributed by atoms with Crippen LogP contribution in [0.2, 0.25) is 10.0 Å². The molecule has 86 valence electrons. The molecule has 1 aliphatic rings. The molecule has 5 heteroatoms. The molecule has 1 aromatic carbocycles. The molecule has 16 heavy (non-hydrogen) atoms. The van der Waals surface area contributed by atoms with E-state index in [-0.39, 0.29) is 17.9 Å². The fourth-order valence-electron chi connectivity index (χ4n) is 1.61. The molecular formula is C11H12Cl2N2O. The molecule has 1 heterocycles. The fourth-order valence-corrected chi connectivity index (χ4v) is 1.94. The Balaban J connectivity index is 2.47. The molecule has 0 saturated heterocycles. The zero-order chi connectivity index (χ0) is 11.9. The Morgan fingerprint density at radius 2 is 1.69 bits per heavy atom. The summed E-state index contributed by atoms with van der Waals surface area (Å²) in [7, 11) is 0. The average molecular weight is 259 g/mol. The van der Waals surface area contributed by atoms with Gasteiger partial charge in [0.2, 0.25) is 5.91 Å². The molecule has 1 aromatic rings.